The fourth-order valence-electron chi connectivity index (χ4n) is 4.02. The third-order valence-electron chi connectivity index (χ3n) is 5.23. The van der Waals surface area contributed by atoms with Gasteiger partial charge in [0, 0.05) is 26.2 Å². The van der Waals surface area contributed by atoms with E-state index in [1.54, 1.807) is 18.2 Å². The van der Waals surface area contributed by atoms with Gasteiger partial charge in [0.1, 0.15) is 0 Å². The minimum Gasteiger partial charge on any atom is -0.326 e. The number of fused-ring (bicyclic) bond motifs is 2. The van der Waals surface area contributed by atoms with Crippen LogP contribution in [0.25, 0.3) is 0 Å². The molecule has 1 aromatic carbocycles. The van der Waals surface area contributed by atoms with Gasteiger partial charge in [-0.3, -0.25) is 4.79 Å². The molecule has 2 aliphatic rings. The van der Waals surface area contributed by atoms with Crippen LogP contribution in [0.4, 0.5) is 5.69 Å². The van der Waals surface area contributed by atoms with Crippen LogP contribution in [0, 0.1) is 17.8 Å². The maximum Gasteiger partial charge on any atom is 0.242 e. The molecule has 0 spiro atoms. The van der Waals surface area contributed by atoms with E-state index in [1.807, 2.05) is 0 Å². The fourth-order valence-corrected chi connectivity index (χ4v) is 4.97. The highest BCUT2D eigenvalue weighted by atomic mass is 32.2. The molecule has 1 aromatic rings. The molecule has 0 aromatic heterocycles. The molecule has 1 N–H and O–H groups in total. The average molecular weight is 336 g/mol. The number of amides is 1. The van der Waals surface area contributed by atoms with E-state index in [-0.39, 0.29) is 10.8 Å². The Morgan fingerprint density at radius 1 is 1.26 bits per heavy atom. The Balaban J connectivity index is 1.65. The highest BCUT2D eigenvalue weighted by Gasteiger charge is 2.40. The van der Waals surface area contributed by atoms with Crippen LogP contribution < -0.4 is 5.32 Å². The van der Waals surface area contributed by atoms with Crippen molar-refractivity contribution >= 4 is 21.6 Å². The van der Waals surface area contributed by atoms with Gasteiger partial charge < -0.3 is 5.32 Å². The SMILES string of the molecule is CN(C)S(=O)(=O)c1cccc(NC(=O)CC2CC3CCC2C3)c1. The molecule has 3 atom stereocenters. The van der Waals surface area contributed by atoms with E-state index in [4.69, 9.17) is 0 Å². The normalized spacial score (nSPS) is 26.7. The van der Waals surface area contributed by atoms with Crippen LogP contribution in [0.2, 0.25) is 0 Å². The number of sulfonamides is 1. The van der Waals surface area contributed by atoms with Gasteiger partial charge in [0.2, 0.25) is 15.9 Å². The number of benzene rings is 1. The topological polar surface area (TPSA) is 66.5 Å². The molecule has 2 bridgehead atoms. The van der Waals surface area contributed by atoms with Crippen LogP contribution in [-0.2, 0) is 14.8 Å². The summed E-state index contributed by atoms with van der Waals surface area (Å²) in [5.74, 6) is 2.03. The summed E-state index contributed by atoms with van der Waals surface area (Å²) in [5.41, 5.74) is 0.543. The van der Waals surface area contributed by atoms with Gasteiger partial charge in [-0.25, -0.2) is 12.7 Å². The Bertz CT molecular complexity index is 700. The van der Waals surface area contributed by atoms with Crippen molar-refractivity contribution in [2.24, 2.45) is 17.8 Å². The van der Waals surface area contributed by atoms with E-state index in [1.165, 1.54) is 50.2 Å². The predicted octanol–water partition coefficient (Wildman–Crippen LogP) is 2.70. The molecule has 0 heterocycles. The van der Waals surface area contributed by atoms with E-state index >= 15 is 0 Å². The highest BCUT2D eigenvalue weighted by Crippen LogP contribution is 2.49. The van der Waals surface area contributed by atoms with Crippen LogP contribution in [0.5, 0.6) is 0 Å². The molecule has 0 aliphatic heterocycles. The Morgan fingerprint density at radius 2 is 2.04 bits per heavy atom. The Labute approximate surface area is 138 Å². The molecule has 2 aliphatic carbocycles. The van der Waals surface area contributed by atoms with Crippen molar-refractivity contribution in [2.75, 3.05) is 19.4 Å². The predicted molar refractivity (Wildman–Crippen MR) is 89.5 cm³/mol. The Kier molecular flexibility index (Phi) is 4.47. The van der Waals surface area contributed by atoms with E-state index in [9.17, 15) is 13.2 Å². The zero-order valence-electron chi connectivity index (χ0n) is 13.7. The second kappa shape index (κ2) is 6.24. The maximum absolute atomic E-state index is 12.3. The summed E-state index contributed by atoms with van der Waals surface area (Å²) in [5, 5.41) is 2.86. The van der Waals surface area contributed by atoms with Gasteiger partial charge in [0.05, 0.1) is 4.90 Å². The standard InChI is InChI=1S/C17H24N2O3S/c1-19(2)23(21,22)16-5-3-4-15(11-16)18-17(20)10-14-9-12-6-7-13(14)8-12/h3-5,11-14H,6-10H2,1-2H3,(H,18,20). The lowest BCUT2D eigenvalue weighted by atomic mass is 9.86. The van der Waals surface area contributed by atoms with Crippen LogP contribution in [-0.4, -0.2) is 32.7 Å². The lowest BCUT2D eigenvalue weighted by molar-refractivity contribution is -0.117. The Morgan fingerprint density at radius 3 is 2.65 bits per heavy atom. The van der Waals surface area contributed by atoms with E-state index in [0.717, 1.165) is 5.92 Å². The molecule has 126 valence electrons. The molecule has 3 unspecified atom stereocenters. The number of carbonyl (C=O) groups is 1. The van der Waals surface area contributed by atoms with Crippen molar-refractivity contribution in [3.05, 3.63) is 24.3 Å². The van der Waals surface area contributed by atoms with Crippen LogP contribution in [0.3, 0.4) is 0 Å². The third kappa shape index (κ3) is 3.43. The molecule has 3 rings (SSSR count). The number of nitrogens with zero attached hydrogens (tertiary/aromatic N) is 1. The number of carbonyl (C=O) groups excluding carboxylic acids is 1. The molecule has 6 heteroatoms. The summed E-state index contributed by atoms with van der Waals surface area (Å²) in [6.45, 7) is 0. The van der Waals surface area contributed by atoms with Crippen molar-refractivity contribution in [2.45, 2.75) is 37.0 Å². The quantitative estimate of drug-likeness (QED) is 0.899. The van der Waals surface area contributed by atoms with Crippen LogP contribution in [0.1, 0.15) is 32.1 Å². The molecule has 0 radical (unpaired) electrons. The van der Waals surface area contributed by atoms with Gasteiger partial charge in [-0.15, -0.1) is 0 Å². The van der Waals surface area contributed by atoms with Crippen molar-refractivity contribution in [1.29, 1.82) is 0 Å². The zero-order valence-corrected chi connectivity index (χ0v) is 14.5. The smallest absolute Gasteiger partial charge is 0.242 e. The van der Waals surface area contributed by atoms with E-state index in [2.05, 4.69) is 5.32 Å². The molecular formula is C17H24N2O3S. The number of hydrogen-bond donors (Lipinski definition) is 1. The summed E-state index contributed by atoms with van der Waals surface area (Å²) < 4.78 is 25.5. The monoisotopic (exact) mass is 336 g/mol. The molecule has 2 saturated carbocycles. The van der Waals surface area contributed by atoms with Gasteiger partial charge >= 0.3 is 0 Å². The number of anilines is 1. The summed E-state index contributed by atoms with van der Waals surface area (Å²) >= 11 is 0. The van der Waals surface area contributed by atoms with Crippen molar-refractivity contribution in [3.63, 3.8) is 0 Å². The maximum atomic E-state index is 12.3. The number of rotatable bonds is 5. The fraction of sp³-hybridized carbons (Fsp3) is 0.588. The first-order valence-corrected chi connectivity index (χ1v) is 9.62. The second-order valence-electron chi connectivity index (χ2n) is 7.00. The summed E-state index contributed by atoms with van der Waals surface area (Å²) in [4.78, 5) is 12.5. The number of nitrogens with one attached hydrogen (secondary N) is 1. The van der Waals surface area contributed by atoms with Crippen molar-refractivity contribution < 1.29 is 13.2 Å². The molecular weight excluding hydrogens is 312 g/mol. The van der Waals surface area contributed by atoms with Gasteiger partial charge in [-0.1, -0.05) is 12.5 Å². The first-order valence-electron chi connectivity index (χ1n) is 8.18. The lowest BCUT2D eigenvalue weighted by Crippen LogP contribution is -2.23. The van der Waals surface area contributed by atoms with Crippen LogP contribution in [0.15, 0.2) is 29.2 Å². The van der Waals surface area contributed by atoms with Crippen molar-refractivity contribution in [3.8, 4) is 0 Å². The van der Waals surface area contributed by atoms with Gasteiger partial charge in [0.15, 0.2) is 0 Å². The molecule has 2 fully saturated rings. The van der Waals surface area contributed by atoms with Crippen molar-refractivity contribution in [1.82, 2.24) is 4.31 Å². The van der Waals surface area contributed by atoms with Gasteiger partial charge in [-0.05, 0) is 55.2 Å². The summed E-state index contributed by atoms with van der Waals surface area (Å²) in [6, 6.07) is 6.45. The second-order valence-corrected chi connectivity index (χ2v) is 9.15. The highest BCUT2D eigenvalue weighted by molar-refractivity contribution is 7.89. The van der Waals surface area contributed by atoms with E-state index < -0.39 is 10.0 Å². The Hall–Kier alpha value is -1.40. The zero-order chi connectivity index (χ0) is 16.6. The first kappa shape index (κ1) is 16.5. The van der Waals surface area contributed by atoms with Crippen LogP contribution >= 0.6 is 0 Å². The van der Waals surface area contributed by atoms with Gasteiger partial charge in [0.25, 0.3) is 0 Å². The van der Waals surface area contributed by atoms with E-state index in [0.29, 0.717) is 23.9 Å². The minimum absolute atomic E-state index is 0.0121. The minimum atomic E-state index is -3.48. The summed E-state index contributed by atoms with van der Waals surface area (Å²) in [7, 11) is -0.491. The molecule has 5 nitrogen and oxygen atoms in total. The molecule has 0 saturated heterocycles. The van der Waals surface area contributed by atoms with Gasteiger partial charge in [-0.2, -0.15) is 0 Å². The first-order chi connectivity index (χ1) is 10.9. The number of hydrogen-bond acceptors (Lipinski definition) is 3. The summed E-state index contributed by atoms with van der Waals surface area (Å²) in [6.07, 6.45) is 5.60. The molecule has 1 amide bonds. The molecule has 23 heavy (non-hydrogen) atoms. The average Bonchev–Trinajstić information content (AvgIpc) is 3.09. The largest absolute Gasteiger partial charge is 0.326 e. The third-order valence-corrected chi connectivity index (χ3v) is 7.04. The lowest BCUT2D eigenvalue weighted by Gasteiger charge is -2.21.